The minimum atomic E-state index is -0.471. The summed E-state index contributed by atoms with van der Waals surface area (Å²) in [6.45, 7) is -0.196. The molecule has 1 heterocycles. The van der Waals surface area contributed by atoms with Crippen molar-refractivity contribution in [3.63, 3.8) is 0 Å². The normalized spacial score (nSPS) is 10.4. The van der Waals surface area contributed by atoms with Gasteiger partial charge in [0.2, 0.25) is 0 Å². The monoisotopic (exact) mass is 223 g/mol. The molecule has 0 aliphatic rings. The predicted molar refractivity (Wildman–Crippen MR) is 53.8 cm³/mol. The maximum atomic E-state index is 13.4. The van der Waals surface area contributed by atoms with E-state index in [1.807, 2.05) is 0 Å². The molecule has 0 fully saturated rings. The van der Waals surface area contributed by atoms with Crippen LogP contribution in [0.4, 0.5) is 4.39 Å². The van der Waals surface area contributed by atoms with Gasteiger partial charge in [-0.15, -0.1) is 5.10 Å². The van der Waals surface area contributed by atoms with Crippen LogP contribution in [-0.2, 0) is 6.61 Å². The Kier molecular flexibility index (Phi) is 2.82. The molecule has 2 rings (SSSR count). The zero-order valence-electron chi connectivity index (χ0n) is 8.59. The van der Waals surface area contributed by atoms with Crippen LogP contribution in [0.1, 0.15) is 5.69 Å². The van der Waals surface area contributed by atoms with E-state index >= 15 is 0 Å². The second-order valence-corrected chi connectivity index (χ2v) is 3.13. The number of rotatable bonds is 3. The van der Waals surface area contributed by atoms with Crippen LogP contribution in [0.2, 0.25) is 0 Å². The molecule has 0 spiro atoms. The van der Waals surface area contributed by atoms with Crippen LogP contribution < -0.4 is 4.74 Å². The zero-order chi connectivity index (χ0) is 11.5. The zero-order valence-corrected chi connectivity index (χ0v) is 8.59. The molecule has 0 aliphatic heterocycles. The summed E-state index contributed by atoms with van der Waals surface area (Å²) >= 11 is 0. The first-order valence-corrected chi connectivity index (χ1v) is 4.60. The molecule has 84 valence electrons. The maximum Gasteiger partial charge on any atom is 0.167 e. The fourth-order valence-electron chi connectivity index (χ4n) is 1.29. The number of benzene rings is 1. The van der Waals surface area contributed by atoms with Crippen LogP contribution in [0.15, 0.2) is 24.4 Å². The van der Waals surface area contributed by atoms with E-state index in [9.17, 15) is 4.39 Å². The maximum absolute atomic E-state index is 13.4. The van der Waals surface area contributed by atoms with Gasteiger partial charge >= 0.3 is 0 Å². The van der Waals surface area contributed by atoms with Crippen LogP contribution >= 0.6 is 0 Å². The molecule has 0 saturated carbocycles. The molecule has 1 N–H and O–H groups in total. The average molecular weight is 223 g/mol. The highest BCUT2D eigenvalue weighted by Gasteiger charge is 2.06. The largest absolute Gasteiger partial charge is 0.494 e. The lowest BCUT2D eigenvalue weighted by Gasteiger charge is -2.04. The van der Waals surface area contributed by atoms with E-state index in [1.54, 1.807) is 6.07 Å². The first-order valence-electron chi connectivity index (χ1n) is 4.60. The number of aliphatic hydroxyl groups is 1. The van der Waals surface area contributed by atoms with E-state index in [1.165, 1.54) is 30.1 Å². The molecule has 0 amide bonds. The Morgan fingerprint density at radius 3 is 2.88 bits per heavy atom. The summed E-state index contributed by atoms with van der Waals surface area (Å²) in [6.07, 6.45) is 1.53. The summed E-state index contributed by atoms with van der Waals surface area (Å²) in [4.78, 5) is 0. The van der Waals surface area contributed by atoms with E-state index in [4.69, 9.17) is 9.84 Å². The number of hydrogen-bond donors (Lipinski definition) is 1. The Morgan fingerprint density at radius 1 is 1.50 bits per heavy atom. The molecule has 5 nitrogen and oxygen atoms in total. The van der Waals surface area contributed by atoms with Gasteiger partial charge in [-0.1, -0.05) is 5.21 Å². The number of aromatic nitrogens is 3. The van der Waals surface area contributed by atoms with Gasteiger partial charge in [0.05, 0.1) is 25.6 Å². The van der Waals surface area contributed by atoms with Gasteiger partial charge in [-0.25, -0.2) is 9.07 Å². The summed E-state index contributed by atoms with van der Waals surface area (Å²) in [7, 11) is 1.40. The Balaban J connectivity index is 2.37. The van der Waals surface area contributed by atoms with Crippen LogP contribution in [0, 0.1) is 5.82 Å². The molecule has 0 aliphatic carbocycles. The van der Waals surface area contributed by atoms with E-state index in [0.717, 1.165) is 0 Å². The van der Waals surface area contributed by atoms with Gasteiger partial charge in [0, 0.05) is 6.07 Å². The quantitative estimate of drug-likeness (QED) is 0.840. The van der Waals surface area contributed by atoms with Gasteiger partial charge in [-0.05, 0) is 12.1 Å². The van der Waals surface area contributed by atoms with Gasteiger partial charge in [0.15, 0.2) is 11.6 Å². The third kappa shape index (κ3) is 1.87. The van der Waals surface area contributed by atoms with E-state index < -0.39 is 5.82 Å². The van der Waals surface area contributed by atoms with Crippen LogP contribution in [0.25, 0.3) is 5.69 Å². The second kappa shape index (κ2) is 4.28. The third-order valence-electron chi connectivity index (χ3n) is 2.10. The number of halogens is 1. The van der Waals surface area contributed by atoms with Gasteiger partial charge in [0.25, 0.3) is 0 Å². The van der Waals surface area contributed by atoms with Crippen LogP contribution in [-0.4, -0.2) is 27.2 Å². The van der Waals surface area contributed by atoms with Gasteiger partial charge in [-0.2, -0.15) is 0 Å². The van der Waals surface area contributed by atoms with Crippen molar-refractivity contribution in [2.45, 2.75) is 6.61 Å². The molecular weight excluding hydrogens is 213 g/mol. The molecule has 2 aromatic rings. The Bertz CT molecular complexity index is 499. The van der Waals surface area contributed by atoms with Crippen molar-refractivity contribution in [2.75, 3.05) is 7.11 Å². The molecular formula is C10H10FN3O2. The summed E-state index contributed by atoms with van der Waals surface area (Å²) in [5, 5.41) is 16.3. The minimum absolute atomic E-state index is 0.172. The molecule has 1 aromatic carbocycles. The van der Waals surface area contributed by atoms with Crippen molar-refractivity contribution in [3.05, 3.63) is 35.9 Å². The summed E-state index contributed by atoms with van der Waals surface area (Å²) < 4.78 is 19.6. The van der Waals surface area contributed by atoms with Crippen molar-refractivity contribution in [1.82, 2.24) is 15.0 Å². The Labute approximate surface area is 91.1 Å². The molecule has 16 heavy (non-hydrogen) atoms. The number of ether oxygens (including phenoxy) is 1. The number of aliphatic hydroxyl groups excluding tert-OH is 1. The fourth-order valence-corrected chi connectivity index (χ4v) is 1.29. The summed E-state index contributed by atoms with van der Waals surface area (Å²) in [5.74, 6) is -0.299. The number of methoxy groups -OCH3 is 1. The Hall–Kier alpha value is -1.95. The summed E-state index contributed by atoms with van der Waals surface area (Å²) in [6, 6.07) is 4.44. The lowest BCUT2D eigenvalue weighted by atomic mass is 10.3. The molecule has 0 saturated heterocycles. The molecule has 1 aromatic heterocycles. The Morgan fingerprint density at radius 2 is 2.31 bits per heavy atom. The van der Waals surface area contributed by atoms with E-state index in [-0.39, 0.29) is 12.4 Å². The lowest BCUT2D eigenvalue weighted by Crippen LogP contribution is -1.97. The highest BCUT2D eigenvalue weighted by atomic mass is 19.1. The van der Waals surface area contributed by atoms with E-state index in [0.29, 0.717) is 11.4 Å². The first kappa shape index (κ1) is 10.6. The highest BCUT2D eigenvalue weighted by molar-refractivity contribution is 5.38. The molecule has 0 radical (unpaired) electrons. The average Bonchev–Trinajstić information content (AvgIpc) is 2.77. The van der Waals surface area contributed by atoms with Crippen molar-refractivity contribution in [1.29, 1.82) is 0 Å². The van der Waals surface area contributed by atoms with Crippen LogP contribution in [0.5, 0.6) is 5.75 Å². The van der Waals surface area contributed by atoms with Crippen molar-refractivity contribution < 1.29 is 14.2 Å². The van der Waals surface area contributed by atoms with Gasteiger partial charge < -0.3 is 9.84 Å². The SMILES string of the molecule is COc1ccc(-n2cc(CO)nn2)cc1F. The topological polar surface area (TPSA) is 60.2 Å². The van der Waals surface area contributed by atoms with Gasteiger partial charge in [0.1, 0.15) is 5.69 Å². The predicted octanol–water partition coefficient (Wildman–Crippen LogP) is 0.907. The van der Waals surface area contributed by atoms with Crippen LogP contribution in [0.3, 0.4) is 0 Å². The molecule has 0 unspecified atom stereocenters. The van der Waals surface area contributed by atoms with E-state index in [2.05, 4.69) is 10.3 Å². The standard InChI is InChI=1S/C10H10FN3O2/c1-16-10-3-2-8(4-9(10)11)14-5-7(6-15)12-13-14/h2-5,15H,6H2,1H3. The molecule has 0 atom stereocenters. The molecule has 6 heteroatoms. The van der Waals surface area contributed by atoms with Crippen molar-refractivity contribution in [3.8, 4) is 11.4 Å². The molecule has 0 bridgehead atoms. The number of nitrogens with zero attached hydrogens (tertiary/aromatic N) is 3. The second-order valence-electron chi connectivity index (χ2n) is 3.13. The summed E-state index contributed by atoms with van der Waals surface area (Å²) in [5.41, 5.74) is 0.946. The first-order chi connectivity index (χ1) is 7.74. The lowest BCUT2D eigenvalue weighted by molar-refractivity contribution is 0.276. The minimum Gasteiger partial charge on any atom is -0.494 e. The third-order valence-corrected chi connectivity index (χ3v) is 2.10. The highest BCUT2D eigenvalue weighted by Crippen LogP contribution is 2.19. The fraction of sp³-hybridized carbons (Fsp3) is 0.200. The number of hydrogen-bond acceptors (Lipinski definition) is 4. The van der Waals surface area contributed by atoms with Crippen molar-refractivity contribution in [2.24, 2.45) is 0 Å². The van der Waals surface area contributed by atoms with Gasteiger partial charge in [-0.3, -0.25) is 0 Å². The smallest absolute Gasteiger partial charge is 0.167 e. The van der Waals surface area contributed by atoms with Crippen molar-refractivity contribution >= 4 is 0 Å².